The number of Topliss-reactive ketones (excluding diaryl/α,β-unsaturated/α-hetero) is 1. The second kappa shape index (κ2) is 10.0. The maximum Gasteiger partial charge on any atom is 0.300 e. The molecule has 4 rings (SSSR count). The van der Waals surface area contributed by atoms with E-state index in [0.717, 1.165) is 21.0 Å². The van der Waals surface area contributed by atoms with E-state index in [2.05, 4.69) is 15.9 Å². The monoisotopic (exact) mass is 555 g/mol. The Kier molecular flexibility index (Phi) is 7.03. The van der Waals surface area contributed by atoms with Crippen LogP contribution in [0.3, 0.4) is 0 Å². The molecule has 1 amide bonds. The van der Waals surface area contributed by atoms with Crippen LogP contribution in [0.5, 0.6) is 17.2 Å². The average molecular weight is 556 g/mol. The summed E-state index contributed by atoms with van der Waals surface area (Å²) in [7, 11) is 4.33. The zero-order valence-electron chi connectivity index (χ0n) is 20.0. The minimum Gasteiger partial charge on any atom is -0.507 e. The van der Waals surface area contributed by atoms with Crippen molar-refractivity contribution in [2.24, 2.45) is 0 Å². The average Bonchev–Trinajstić information content (AvgIpc) is 3.14. The maximum absolute atomic E-state index is 14.2. The summed E-state index contributed by atoms with van der Waals surface area (Å²) in [4.78, 5) is 27.8. The molecule has 1 aliphatic heterocycles. The molecule has 1 aliphatic rings. The summed E-state index contributed by atoms with van der Waals surface area (Å²) in [6.45, 7) is 1.84. The number of carbonyl (C=O) groups is 2. The summed E-state index contributed by atoms with van der Waals surface area (Å²) in [6.07, 6.45) is 0. The highest BCUT2D eigenvalue weighted by atomic mass is 79.9. The number of aliphatic hydroxyl groups excluding tert-OH is 1. The van der Waals surface area contributed by atoms with Crippen molar-refractivity contribution in [2.75, 3.05) is 26.2 Å². The number of aliphatic hydroxyl groups is 1. The van der Waals surface area contributed by atoms with Crippen LogP contribution in [-0.2, 0) is 9.59 Å². The van der Waals surface area contributed by atoms with E-state index in [0.29, 0.717) is 16.9 Å². The Morgan fingerprint density at radius 1 is 0.972 bits per heavy atom. The molecule has 0 saturated carbocycles. The van der Waals surface area contributed by atoms with Crippen LogP contribution in [0, 0.1) is 12.7 Å². The van der Waals surface area contributed by atoms with Gasteiger partial charge in [0.05, 0.1) is 32.9 Å². The fourth-order valence-electron chi connectivity index (χ4n) is 4.25. The molecular weight excluding hydrogens is 533 g/mol. The van der Waals surface area contributed by atoms with Crippen molar-refractivity contribution in [3.8, 4) is 17.2 Å². The lowest BCUT2D eigenvalue weighted by Gasteiger charge is -2.26. The van der Waals surface area contributed by atoms with Gasteiger partial charge < -0.3 is 19.3 Å². The fourth-order valence-corrected chi connectivity index (χ4v) is 4.49. The third kappa shape index (κ3) is 4.30. The summed E-state index contributed by atoms with van der Waals surface area (Å²) in [6, 6.07) is 12.5. The molecule has 1 atom stereocenters. The second-order valence-corrected chi connectivity index (χ2v) is 8.93. The van der Waals surface area contributed by atoms with Gasteiger partial charge in [0, 0.05) is 15.7 Å². The van der Waals surface area contributed by atoms with E-state index < -0.39 is 23.5 Å². The van der Waals surface area contributed by atoms with E-state index in [1.807, 2.05) is 6.92 Å². The van der Waals surface area contributed by atoms with Crippen molar-refractivity contribution >= 4 is 39.1 Å². The smallest absolute Gasteiger partial charge is 0.300 e. The van der Waals surface area contributed by atoms with Crippen LogP contribution in [0.1, 0.15) is 22.7 Å². The number of carbonyl (C=O) groups excluding carboxylic acids is 2. The van der Waals surface area contributed by atoms with Gasteiger partial charge in [0.2, 0.25) is 5.75 Å². The molecule has 1 unspecified atom stereocenters. The molecule has 9 heteroatoms. The van der Waals surface area contributed by atoms with Gasteiger partial charge in [-0.25, -0.2) is 4.39 Å². The molecule has 0 aliphatic carbocycles. The maximum atomic E-state index is 14.2. The number of ether oxygens (including phenoxy) is 3. The van der Waals surface area contributed by atoms with Crippen molar-refractivity contribution < 1.29 is 33.3 Å². The Morgan fingerprint density at radius 3 is 2.19 bits per heavy atom. The van der Waals surface area contributed by atoms with Gasteiger partial charge in [-0.2, -0.15) is 0 Å². The third-order valence-electron chi connectivity index (χ3n) is 5.96. The lowest BCUT2D eigenvalue weighted by molar-refractivity contribution is -0.132. The van der Waals surface area contributed by atoms with Gasteiger partial charge in [-0.15, -0.1) is 0 Å². The Bertz CT molecular complexity index is 1380. The number of rotatable bonds is 6. The number of nitrogens with zero attached hydrogens (tertiary/aromatic N) is 1. The van der Waals surface area contributed by atoms with Crippen LogP contribution in [-0.4, -0.2) is 38.1 Å². The number of aryl methyl sites for hydroxylation is 1. The molecule has 0 bridgehead atoms. The second-order valence-electron chi connectivity index (χ2n) is 8.07. The van der Waals surface area contributed by atoms with E-state index >= 15 is 0 Å². The van der Waals surface area contributed by atoms with Crippen LogP contribution in [0.25, 0.3) is 5.76 Å². The first-order valence-corrected chi connectivity index (χ1v) is 11.6. The number of amides is 1. The number of halogens is 2. The number of anilines is 1. The van der Waals surface area contributed by atoms with Gasteiger partial charge in [-0.1, -0.05) is 28.1 Å². The molecular formula is C27H23BrFNO6. The number of ketones is 1. The van der Waals surface area contributed by atoms with Gasteiger partial charge >= 0.3 is 0 Å². The number of benzene rings is 3. The Morgan fingerprint density at radius 2 is 1.64 bits per heavy atom. The molecule has 3 aromatic rings. The largest absolute Gasteiger partial charge is 0.507 e. The molecule has 3 aromatic carbocycles. The molecule has 186 valence electrons. The van der Waals surface area contributed by atoms with Crippen molar-refractivity contribution in [2.45, 2.75) is 13.0 Å². The molecule has 1 heterocycles. The van der Waals surface area contributed by atoms with Gasteiger partial charge in [0.1, 0.15) is 11.6 Å². The summed E-state index contributed by atoms with van der Waals surface area (Å²) in [5, 5.41) is 11.3. The minimum absolute atomic E-state index is 0.153. The number of methoxy groups -OCH3 is 3. The topological polar surface area (TPSA) is 85.3 Å². The van der Waals surface area contributed by atoms with Crippen LogP contribution in [0.2, 0.25) is 0 Å². The summed E-state index contributed by atoms with van der Waals surface area (Å²) in [5.74, 6) is -1.86. The molecule has 1 fully saturated rings. The van der Waals surface area contributed by atoms with Crippen LogP contribution >= 0.6 is 15.9 Å². The lowest BCUT2D eigenvalue weighted by Crippen LogP contribution is -2.29. The molecule has 0 spiro atoms. The predicted molar refractivity (Wildman–Crippen MR) is 136 cm³/mol. The number of hydrogen-bond acceptors (Lipinski definition) is 6. The molecule has 0 aromatic heterocycles. The zero-order chi connectivity index (χ0) is 26.1. The van der Waals surface area contributed by atoms with Gasteiger partial charge in [-0.3, -0.25) is 14.5 Å². The Hall–Kier alpha value is -3.85. The van der Waals surface area contributed by atoms with Crippen LogP contribution in [0.15, 0.2) is 64.6 Å². The van der Waals surface area contributed by atoms with Gasteiger partial charge in [0.15, 0.2) is 11.5 Å². The van der Waals surface area contributed by atoms with Crippen LogP contribution in [0.4, 0.5) is 10.1 Å². The van der Waals surface area contributed by atoms with Crippen molar-refractivity contribution in [3.05, 3.63) is 87.2 Å². The van der Waals surface area contributed by atoms with Gasteiger partial charge in [0.25, 0.3) is 11.7 Å². The highest BCUT2D eigenvalue weighted by Crippen LogP contribution is 2.47. The normalized spacial score (nSPS) is 16.8. The van der Waals surface area contributed by atoms with Crippen molar-refractivity contribution in [1.82, 2.24) is 0 Å². The molecule has 7 nitrogen and oxygen atoms in total. The number of hydrogen-bond donors (Lipinski definition) is 1. The molecule has 1 saturated heterocycles. The van der Waals surface area contributed by atoms with E-state index in [1.165, 1.54) is 39.5 Å². The quantitative estimate of drug-likeness (QED) is 0.244. The highest BCUT2D eigenvalue weighted by molar-refractivity contribution is 9.10. The standard InChI is InChI=1S/C27H23BrFNO6/c1-14-10-15(8-9-19(14)28)24(31)22-23(16-11-20(34-2)26(36-4)21(12-16)35-3)30(27(33)25(22)32)18-7-5-6-17(29)13-18/h5-13,23,31H,1-4H3/b24-22+. The zero-order valence-corrected chi connectivity index (χ0v) is 21.6. The highest BCUT2D eigenvalue weighted by Gasteiger charge is 2.47. The SMILES string of the molecule is COc1cc(C2/C(=C(\O)c3ccc(Br)c(C)c3)C(=O)C(=O)N2c2cccc(F)c2)cc(OC)c1OC. The Labute approximate surface area is 215 Å². The van der Waals surface area contributed by atoms with Gasteiger partial charge in [-0.05, 0) is 60.5 Å². The van der Waals surface area contributed by atoms with E-state index in [9.17, 15) is 19.1 Å². The lowest BCUT2D eigenvalue weighted by atomic mass is 9.94. The first kappa shape index (κ1) is 25.2. The van der Waals surface area contributed by atoms with E-state index in [1.54, 1.807) is 30.3 Å². The Balaban J connectivity index is 2.03. The summed E-state index contributed by atoms with van der Waals surface area (Å²) < 4.78 is 31.3. The van der Waals surface area contributed by atoms with Crippen molar-refractivity contribution in [3.63, 3.8) is 0 Å². The first-order valence-electron chi connectivity index (χ1n) is 10.8. The van der Waals surface area contributed by atoms with Crippen LogP contribution < -0.4 is 19.1 Å². The summed E-state index contributed by atoms with van der Waals surface area (Å²) in [5.41, 5.74) is 1.57. The molecule has 0 radical (unpaired) electrons. The third-order valence-corrected chi connectivity index (χ3v) is 6.85. The molecule has 36 heavy (non-hydrogen) atoms. The van der Waals surface area contributed by atoms with Crippen molar-refractivity contribution in [1.29, 1.82) is 0 Å². The predicted octanol–water partition coefficient (Wildman–Crippen LogP) is 5.55. The van der Waals surface area contributed by atoms with E-state index in [4.69, 9.17) is 14.2 Å². The molecule has 1 N–H and O–H groups in total. The minimum atomic E-state index is -1.11. The fraction of sp³-hybridized carbons (Fsp3) is 0.185. The first-order chi connectivity index (χ1) is 17.2. The summed E-state index contributed by atoms with van der Waals surface area (Å²) >= 11 is 3.42. The van der Waals surface area contributed by atoms with E-state index in [-0.39, 0.29) is 28.5 Å².